The molecule has 0 radical (unpaired) electrons. The molecule has 8 heteroatoms. The zero-order valence-corrected chi connectivity index (χ0v) is 12.6. The third-order valence-electron chi connectivity index (χ3n) is 3.08. The van der Waals surface area contributed by atoms with Gasteiger partial charge in [0.15, 0.2) is 5.69 Å². The molecule has 0 amide bonds. The minimum Gasteiger partial charge on any atom is -0.481 e. The van der Waals surface area contributed by atoms with Crippen molar-refractivity contribution >= 4 is 28.7 Å². The molecule has 0 aliphatic heterocycles. The average Bonchev–Trinajstić information content (AvgIpc) is 3.16. The minimum atomic E-state index is -0.890. The summed E-state index contributed by atoms with van der Waals surface area (Å²) in [6.45, 7) is 0. The SMILES string of the molecule is O=C(O)Cc1ccc(N=Nc2c(-c3cccs3)[nH][nH]c2=O)cc1. The monoisotopic (exact) mass is 328 g/mol. The number of nitrogens with one attached hydrogen (secondary N) is 2. The van der Waals surface area contributed by atoms with Crippen molar-refractivity contribution in [3.8, 4) is 10.6 Å². The van der Waals surface area contributed by atoms with E-state index in [1.165, 1.54) is 11.3 Å². The van der Waals surface area contributed by atoms with Crippen LogP contribution in [-0.2, 0) is 11.2 Å². The smallest absolute Gasteiger partial charge is 0.307 e. The average molecular weight is 328 g/mol. The highest BCUT2D eigenvalue weighted by molar-refractivity contribution is 7.13. The number of H-pyrrole nitrogens is 2. The lowest BCUT2D eigenvalue weighted by Gasteiger charge is -1.97. The Morgan fingerprint density at radius 2 is 1.91 bits per heavy atom. The number of aromatic amines is 2. The van der Waals surface area contributed by atoms with E-state index in [0.717, 1.165) is 4.88 Å². The number of hydrogen-bond donors (Lipinski definition) is 3. The molecular formula is C15H12N4O3S. The van der Waals surface area contributed by atoms with Crippen LogP contribution in [0.1, 0.15) is 5.56 Å². The molecule has 23 heavy (non-hydrogen) atoms. The third kappa shape index (κ3) is 3.43. The van der Waals surface area contributed by atoms with E-state index in [9.17, 15) is 9.59 Å². The number of aliphatic carboxylic acids is 1. The molecular weight excluding hydrogens is 316 g/mol. The molecule has 3 N–H and O–H groups in total. The van der Waals surface area contributed by atoms with E-state index in [1.54, 1.807) is 24.3 Å². The van der Waals surface area contributed by atoms with Crippen molar-refractivity contribution < 1.29 is 9.90 Å². The third-order valence-corrected chi connectivity index (χ3v) is 3.97. The first-order chi connectivity index (χ1) is 11.1. The van der Waals surface area contributed by atoms with Gasteiger partial charge in [0.2, 0.25) is 0 Å². The molecule has 0 unspecified atom stereocenters. The van der Waals surface area contributed by atoms with Gasteiger partial charge in [0, 0.05) is 0 Å². The molecule has 0 bridgehead atoms. The maximum Gasteiger partial charge on any atom is 0.307 e. The summed E-state index contributed by atoms with van der Waals surface area (Å²) in [5, 5.41) is 24.0. The number of rotatable bonds is 5. The Kier molecular flexibility index (Phi) is 4.15. The number of carboxylic acids is 1. The molecule has 2 heterocycles. The first kappa shape index (κ1) is 14.9. The van der Waals surface area contributed by atoms with Crippen molar-refractivity contribution in [2.24, 2.45) is 10.2 Å². The zero-order chi connectivity index (χ0) is 16.2. The van der Waals surface area contributed by atoms with E-state index in [-0.39, 0.29) is 17.7 Å². The van der Waals surface area contributed by atoms with Crippen LogP contribution in [0.15, 0.2) is 56.8 Å². The topological polar surface area (TPSA) is 111 Å². The first-order valence-electron chi connectivity index (χ1n) is 6.70. The van der Waals surface area contributed by atoms with Crippen LogP contribution in [0.5, 0.6) is 0 Å². The fourth-order valence-corrected chi connectivity index (χ4v) is 2.73. The maximum atomic E-state index is 11.8. The largest absolute Gasteiger partial charge is 0.481 e. The zero-order valence-electron chi connectivity index (χ0n) is 11.8. The summed E-state index contributed by atoms with van der Waals surface area (Å²) >= 11 is 1.49. The highest BCUT2D eigenvalue weighted by atomic mass is 32.1. The molecule has 0 fully saturated rings. The second-order valence-corrected chi connectivity index (χ2v) is 5.66. The van der Waals surface area contributed by atoms with Crippen LogP contribution in [-0.4, -0.2) is 21.3 Å². The Morgan fingerprint density at radius 1 is 1.13 bits per heavy atom. The van der Waals surface area contributed by atoms with Gasteiger partial charge in [-0.15, -0.1) is 16.5 Å². The number of aromatic nitrogens is 2. The Balaban J connectivity index is 1.85. The molecule has 116 valence electrons. The first-order valence-corrected chi connectivity index (χ1v) is 7.58. The van der Waals surface area contributed by atoms with Crippen LogP contribution < -0.4 is 5.56 Å². The molecule has 0 aliphatic rings. The van der Waals surface area contributed by atoms with Gasteiger partial charge in [-0.3, -0.25) is 19.8 Å². The second-order valence-electron chi connectivity index (χ2n) is 4.72. The summed E-state index contributed by atoms with van der Waals surface area (Å²) in [7, 11) is 0. The van der Waals surface area contributed by atoms with Crippen LogP contribution in [0.4, 0.5) is 11.4 Å². The van der Waals surface area contributed by atoms with Crippen LogP contribution in [0.3, 0.4) is 0 Å². The Labute approximate surface area is 134 Å². The molecule has 3 rings (SSSR count). The van der Waals surface area contributed by atoms with Crippen LogP contribution in [0, 0.1) is 0 Å². The van der Waals surface area contributed by atoms with Gasteiger partial charge >= 0.3 is 5.97 Å². The van der Waals surface area contributed by atoms with Crippen molar-refractivity contribution in [3.63, 3.8) is 0 Å². The molecule has 0 spiro atoms. The Bertz CT molecular complexity index is 892. The van der Waals surface area contributed by atoms with Gasteiger partial charge in [-0.05, 0) is 29.1 Å². The van der Waals surface area contributed by atoms with Crippen LogP contribution in [0.2, 0.25) is 0 Å². The molecule has 0 saturated heterocycles. The lowest BCUT2D eigenvalue weighted by molar-refractivity contribution is -0.136. The standard InChI is InChI=1S/C15H12N4O3S/c20-12(21)8-9-3-5-10(6-4-9)16-18-14-13(17-19-15(14)22)11-2-1-7-23-11/h1-7H,8H2,(H,20,21)(H2,17,19,22). The number of carbonyl (C=O) groups is 1. The Hall–Kier alpha value is -3.00. The Morgan fingerprint density at radius 3 is 2.57 bits per heavy atom. The predicted octanol–water partition coefficient (Wildman–Crippen LogP) is 3.47. The van der Waals surface area contributed by atoms with Gasteiger partial charge in [-0.2, -0.15) is 5.11 Å². The molecule has 1 aromatic carbocycles. The van der Waals surface area contributed by atoms with E-state index < -0.39 is 5.97 Å². The van der Waals surface area contributed by atoms with Gasteiger partial charge in [0.1, 0.15) is 5.69 Å². The lowest BCUT2D eigenvalue weighted by atomic mass is 10.1. The fourth-order valence-electron chi connectivity index (χ4n) is 2.01. The summed E-state index contributed by atoms with van der Waals surface area (Å²) in [4.78, 5) is 23.4. The van der Waals surface area contributed by atoms with Crippen molar-refractivity contribution in [2.45, 2.75) is 6.42 Å². The van der Waals surface area contributed by atoms with E-state index >= 15 is 0 Å². The molecule has 3 aromatic rings. The van der Waals surface area contributed by atoms with Gasteiger partial charge in [-0.25, -0.2) is 0 Å². The van der Waals surface area contributed by atoms with Crippen molar-refractivity contribution in [2.75, 3.05) is 0 Å². The molecule has 2 aromatic heterocycles. The fraction of sp³-hybridized carbons (Fsp3) is 0.0667. The van der Waals surface area contributed by atoms with E-state index in [4.69, 9.17) is 5.11 Å². The molecule has 7 nitrogen and oxygen atoms in total. The van der Waals surface area contributed by atoms with Gasteiger partial charge < -0.3 is 5.11 Å². The molecule has 0 atom stereocenters. The molecule has 0 saturated carbocycles. The number of nitrogens with zero attached hydrogens (tertiary/aromatic N) is 2. The number of azo groups is 1. The number of benzene rings is 1. The van der Waals surface area contributed by atoms with E-state index in [0.29, 0.717) is 16.9 Å². The normalized spacial score (nSPS) is 11.1. The summed E-state index contributed by atoms with van der Waals surface area (Å²) in [5.74, 6) is -0.890. The quantitative estimate of drug-likeness (QED) is 0.623. The summed E-state index contributed by atoms with van der Waals surface area (Å²) in [5.41, 5.74) is 1.67. The number of carboxylic acid groups (broad SMARTS) is 1. The van der Waals surface area contributed by atoms with Crippen LogP contribution in [0.25, 0.3) is 10.6 Å². The number of thiophene rings is 1. The van der Waals surface area contributed by atoms with Crippen molar-refractivity contribution in [1.29, 1.82) is 0 Å². The summed E-state index contributed by atoms with van der Waals surface area (Å²) in [6, 6.07) is 10.4. The highest BCUT2D eigenvalue weighted by Gasteiger charge is 2.12. The van der Waals surface area contributed by atoms with Crippen molar-refractivity contribution in [3.05, 3.63) is 57.7 Å². The lowest BCUT2D eigenvalue weighted by Crippen LogP contribution is -1.99. The van der Waals surface area contributed by atoms with E-state index in [2.05, 4.69) is 20.4 Å². The highest BCUT2D eigenvalue weighted by Crippen LogP contribution is 2.29. The van der Waals surface area contributed by atoms with Gasteiger partial charge in [-0.1, -0.05) is 18.2 Å². The predicted molar refractivity (Wildman–Crippen MR) is 86.7 cm³/mol. The van der Waals surface area contributed by atoms with Gasteiger partial charge in [0.05, 0.1) is 17.0 Å². The maximum absolute atomic E-state index is 11.8. The van der Waals surface area contributed by atoms with Crippen molar-refractivity contribution in [1.82, 2.24) is 10.2 Å². The van der Waals surface area contributed by atoms with E-state index in [1.807, 2.05) is 17.5 Å². The number of hydrogen-bond acceptors (Lipinski definition) is 5. The molecule has 0 aliphatic carbocycles. The minimum absolute atomic E-state index is 0.0442. The second kappa shape index (κ2) is 6.41. The summed E-state index contributed by atoms with van der Waals surface area (Å²) < 4.78 is 0. The van der Waals surface area contributed by atoms with Crippen LogP contribution >= 0.6 is 11.3 Å². The van der Waals surface area contributed by atoms with Gasteiger partial charge in [0.25, 0.3) is 5.56 Å². The summed E-state index contributed by atoms with van der Waals surface area (Å²) in [6.07, 6.45) is -0.0442.